The molecule has 0 spiro atoms. The standard InChI is InChI=1S/C22H26N6O3/c1-4-27-21(30)17-7-5-6-8-18(17)28(22(27)31)14-20(29)26-11-9-25(10-12-26)19-13-15(2)23-16(3)24-19/h5-8,13H,4,9-12,14H2,1-3H3. The van der Waals surface area contributed by atoms with Gasteiger partial charge in [0.15, 0.2) is 0 Å². The predicted octanol–water partition coefficient (Wildman–Crippen LogP) is 0.939. The Morgan fingerprint density at radius 2 is 1.71 bits per heavy atom. The SMILES string of the molecule is CCn1c(=O)c2ccccc2n(CC(=O)N2CCN(c3cc(C)nc(C)n3)CC2)c1=O. The Labute approximate surface area is 179 Å². The molecule has 31 heavy (non-hydrogen) atoms. The first-order valence-electron chi connectivity index (χ1n) is 10.5. The highest BCUT2D eigenvalue weighted by Crippen LogP contribution is 2.15. The number of nitrogens with zero attached hydrogens (tertiary/aromatic N) is 6. The number of anilines is 1. The van der Waals surface area contributed by atoms with Crippen LogP contribution in [0.5, 0.6) is 0 Å². The molecule has 162 valence electrons. The van der Waals surface area contributed by atoms with E-state index < -0.39 is 5.69 Å². The summed E-state index contributed by atoms with van der Waals surface area (Å²) in [6, 6.07) is 8.88. The van der Waals surface area contributed by atoms with E-state index in [1.807, 2.05) is 19.9 Å². The average molecular weight is 422 g/mol. The number of aryl methyl sites for hydroxylation is 2. The molecular weight excluding hydrogens is 396 g/mol. The van der Waals surface area contributed by atoms with E-state index in [-0.39, 0.29) is 24.6 Å². The maximum absolute atomic E-state index is 13.0. The minimum Gasteiger partial charge on any atom is -0.353 e. The first kappa shape index (κ1) is 20.8. The summed E-state index contributed by atoms with van der Waals surface area (Å²) in [5, 5.41) is 0.441. The predicted molar refractivity (Wildman–Crippen MR) is 118 cm³/mol. The summed E-state index contributed by atoms with van der Waals surface area (Å²) in [6.45, 7) is 8.13. The van der Waals surface area contributed by atoms with Gasteiger partial charge >= 0.3 is 5.69 Å². The van der Waals surface area contributed by atoms with Crippen LogP contribution >= 0.6 is 0 Å². The molecule has 4 rings (SSSR count). The molecule has 0 N–H and O–H groups in total. The summed E-state index contributed by atoms with van der Waals surface area (Å²) in [7, 11) is 0. The van der Waals surface area contributed by atoms with Crippen LogP contribution in [0.3, 0.4) is 0 Å². The Morgan fingerprint density at radius 3 is 2.39 bits per heavy atom. The van der Waals surface area contributed by atoms with Crippen molar-refractivity contribution in [3.05, 3.63) is 62.7 Å². The molecular formula is C22H26N6O3. The van der Waals surface area contributed by atoms with Crippen LogP contribution in [0, 0.1) is 13.8 Å². The maximum atomic E-state index is 13.0. The van der Waals surface area contributed by atoms with E-state index in [1.54, 1.807) is 36.1 Å². The first-order valence-corrected chi connectivity index (χ1v) is 10.5. The molecule has 9 heteroatoms. The van der Waals surface area contributed by atoms with Crippen molar-refractivity contribution in [2.75, 3.05) is 31.1 Å². The Balaban J connectivity index is 1.54. The summed E-state index contributed by atoms with van der Waals surface area (Å²) in [6.07, 6.45) is 0. The van der Waals surface area contributed by atoms with Gasteiger partial charge in [-0.2, -0.15) is 0 Å². The summed E-state index contributed by atoms with van der Waals surface area (Å²) < 4.78 is 2.58. The zero-order valence-corrected chi connectivity index (χ0v) is 18.0. The number of aromatic nitrogens is 4. The molecule has 0 atom stereocenters. The number of hydrogen-bond acceptors (Lipinski definition) is 6. The van der Waals surface area contributed by atoms with Crippen molar-refractivity contribution < 1.29 is 4.79 Å². The minimum absolute atomic E-state index is 0.0919. The van der Waals surface area contributed by atoms with Gasteiger partial charge in [-0.1, -0.05) is 12.1 Å². The number of para-hydroxylation sites is 1. The van der Waals surface area contributed by atoms with E-state index in [1.165, 1.54) is 9.13 Å². The second-order valence-corrected chi connectivity index (χ2v) is 7.72. The van der Waals surface area contributed by atoms with Crippen LogP contribution in [0.25, 0.3) is 10.9 Å². The summed E-state index contributed by atoms with van der Waals surface area (Å²) in [4.78, 5) is 51.2. The third-order valence-electron chi connectivity index (χ3n) is 5.65. The van der Waals surface area contributed by atoms with Gasteiger partial charge < -0.3 is 9.80 Å². The lowest BCUT2D eigenvalue weighted by molar-refractivity contribution is -0.132. The number of fused-ring (bicyclic) bond motifs is 1. The number of piperazine rings is 1. The van der Waals surface area contributed by atoms with Crippen LogP contribution in [0.1, 0.15) is 18.4 Å². The highest BCUT2D eigenvalue weighted by Gasteiger charge is 2.24. The van der Waals surface area contributed by atoms with Crippen LogP contribution in [0.4, 0.5) is 5.82 Å². The number of amides is 1. The van der Waals surface area contributed by atoms with Gasteiger partial charge in [-0.25, -0.2) is 14.8 Å². The van der Waals surface area contributed by atoms with Crippen molar-refractivity contribution in [1.82, 2.24) is 24.0 Å². The van der Waals surface area contributed by atoms with Gasteiger partial charge in [0.1, 0.15) is 18.2 Å². The van der Waals surface area contributed by atoms with Gasteiger partial charge in [-0.15, -0.1) is 0 Å². The first-order chi connectivity index (χ1) is 14.9. The van der Waals surface area contributed by atoms with Crippen LogP contribution < -0.4 is 16.1 Å². The topological polar surface area (TPSA) is 93.3 Å². The highest BCUT2D eigenvalue weighted by atomic mass is 16.2. The van der Waals surface area contributed by atoms with Crippen molar-refractivity contribution in [1.29, 1.82) is 0 Å². The summed E-state index contributed by atoms with van der Waals surface area (Å²) in [5.41, 5.74) is 0.625. The zero-order chi connectivity index (χ0) is 22.1. The number of rotatable bonds is 4. The smallest absolute Gasteiger partial charge is 0.331 e. The third-order valence-corrected chi connectivity index (χ3v) is 5.65. The molecule has 0 saturated carbocycles. The lowest BCUT2D eigenvalue weighted by atomic mass is 10.2. The van der Waals surface area contributed by atoms with Crippen molar-refractivity contribution in [2.45, 2.75) is 33.9 Å². The largest absolute Gasteiger partial charge is 0.353 e. The second-order valence-electron chi connectivity index (χ2n) is 7.72. The molecule has 3 heterocycles. The number of carbonyl (C=O) groups excluding carboxylic acids is 1. The highest BCUT2D eigenvalue weighted by molar-refractivity contribution is 5.81. The Kier molecular flexibility index (Phi) is 5.58. The van der Waals surface area contributed by atoms with Gasteiger partial charge in [0.2, 0.25) is 5.91 Å². The summed E-state index contributed by atoms with van der Waals surface area (Å²) in [5.74, 6) is 1.46. The van der Waals surface area contributed by atoms with Crippen LogP contribution in [-0.2, 0) is 17.9 Å². The lowest BCUT2D eigenvalue weighted by Crippen LogP contribution is -2.51. The fourth-order valence-corrected chi connectivity index (χ4v) is 4.08. The van der Waals surface area contributed by atoms with E-state index in [0.717, 1.165) is 17.3 Å². The molecule has 1 aliphatic rings. The molecule has 0 radical (unpaired) electrons. The van der Waals surface area contributed by atoms with Crippen molar-refractivity contribution in [3.63, 3.8) is 0 Å². The van der Waals surface area contributed by atoms with Crippen LogP contribution in [0.2, 0.25) is 0 Å². The second kappa shape index (κ2) is 8.33. The van der Waals surface area contributed by atoms with Crippen LogP contribution in [-0.4, -0.2) is 56.1 Å². The van der Waals surface area contributed by atoms with Crippen molar-refractivity contribution in [3.8, 4) is 0 Å². The average Bonchev–Trinajstić information content (AvgIpc) is 2.76. The van der Waals surface area contributed by atoms with Gasteiger partial charge in [0.25, 0.3) is 5.56 Å². The fraction of sp³-hybridized carbons (Fsp3) is 0.409. The van der Waals surface area contributed by atoms with Crippen molar-refractivity contribution in [2.24, 2.45) is 0 Å². The molecule has 1 aliphatic heterocycles. The monoisotopic (exact) mass is 422 g/mol. The quantitative estimate of drug-likeness (QED) is 0.621. The van der Waals surface area contributed by atoms with Gasteiger partial charge in [0, 0.05) is 44.5 Å². The van der Waals surface area contributed by atoms with E-state index in [4.69, 9.17) is 0 Å². The molecule has 1 saturated heterocycles. The lowest BCUT2D eigenvalue weighted by Gasteiger charge is -2.35. The number of carbonyl (C=O) groups is 1. The molecule has 1 amide bonds. The third kappa shape index (κ3) is 3.95. The molecule has 9 nitrogen and oxygen atoms in total. The molecule has 2 aromatic heterocycles. The molecule has 1 fully saturated rings. The van der Waals surface area contributed by atoms with E-state index >= 15 is 0 Å². The minimum atomic E-state index is -0.454. The number of benzene rings is 1. The Hall–Kier alpha value is -3.49. The molecule has 3 aromatic rings. The molecule has 1 aromatic carbocycles. The van der Waals surface area contributed by atoms with E-state index in [0.29, 0.717) is 37.1 Å². The van der Waals surface area contributed by atoms with Gasteiger partial charge in [-0.3, -0.25) is 18.7 Å². The van der Waals surface area contributed by atoms with Gasteiger partial charge in [-0.05, 0) is 32.9 Å². The van der Waals surface area contributed by atoms with Gasteiger partial charge in [0.05, 0.1) is 10.9 Å². The normalized spacial score (nSPS) is 14.3. The zero-order valence-electron chi connectivity index (χ0n) is 18.0. The fourth-order valence-electron chi connectivity index (χ4n) is 4.08. The molecule has 0 unspecified atom stereocenters. The molecule has 0 bridgehead atoms. The van der Waals surface area contributed by atoms with E-state index in [9.17, 15) is 14.4 Å². The molecule has 0 aliphatic carbocycles. The Bertz CT molecular complexity index is 1230. The summed E-state index contributed by atoms with van der Waals surface area (Å²) >= 11 is 0. The van der Waals surface area contributed by atoms with Crippen molar-refractivity contribution >= 4 is 22.6 Å². The number of hydrogen-bond donors (Lipinski definition) is 0. The van der Waals surface area contributed by atoms with E-state index in [2.05, 4.69) is 14.9 Å². The maximum Gasteiger partial charge on any atom is 0.331 e. The Morgan fingerprint density at radius 1 is 1.00 bits per heavy atom. The van der Waals surface area contributed by atoms with Crippen LogP contribution in [0.15, 0.2) is 39.9 Å².